The van der Waals surface area contributed by atoms with Gasteiger partial charge in [-0.1, -0.05) is 164 Å². The lowest BCUT2D eigenvalue weighted by Crippen LogP contribution is -2.11. The first kappa shape index (κ1) is 33.0. The molecule has 0 fully saturated rings. The highest BCUT2D eigenvalue weighted by Crippen LogP contribution is 2.44. The van der Waals surface area contributed by atoms with Gasteiger partial charge in [0.25, 0.3) is 0 Å². The van der Waals surface area contributed by atoms with E-state index in [0.29, 0.717) is 17.5 Å². The molecule has 5 heteroatoms. The van der Waals surface area contributed by atoms with Gasteiger partial charge in [-0.05, 0) is 59.2 Å². The second-order valence-electron chi connectivity index (χ2n) is 13.6. The first-order valence-corrected chi connectivity index (χ1v) is 18.7. The van der Waals surface area contributed by atoms with E-state index in [1.54, 1.807) is 0 Å². The lowest BCUT2D eigenvalue weighted by molar-refractivity contribution is 0.669. The predicted octanol–water partition coefficient (Wildman–Crippen LogP) is 13.6. The number of hydrogen-bond acceptors (Lipinski definition) is 5. The third-order valence-electron chi connectivity index (χ3n) is 10.1. The van der Waals surface area contributed by atoms with Crippen LogP contribution in [0.2, 0.25) is 0 Å². The maximum absolute atomic E-state index is 6.57. The zero-order valence-electron chi connectivity index (χ0n) is 30.3. The Kier molecular flexibility index (Phi) is 8.43. The van der Waals surface area contributed by atoms with Crippen molar-refractivity contribution >= 4 is 39.0 Å². The lowest BCUT2D eigenvalue weighted by atomic mass is 10.00. The van der Waals surface area contributed by atoms with Crippen LogP contribution in [-0.2, 0) is 0 Å². The van der Waals surface area contributed by atoms with Crippen LogP contribution in [0.5, 0.6) is 0 Å². The molecule has 8 aromatic carbocycles. The van der Waals surface area contributed by atoms with Gasteiger partial charge in [-0.25, -0.2) is 15.0 Å². The molecule has 0 N–H and O–H groups in total. The van der Waals surface area contributed by atoms with E-state index in [-0.39, 0.29) is 0 Å². The van der Waals surface area contributed by atoms with Gasteiger partial charge in [0, 0.05) is 44.4 Å². The van der Waals surface area contributed by atoms with Gasteiger partial charge in [0.05, 0.1) is 5.69 Å². The Morgan fingerprint density at radius 2 is 0.857 bits per heavy atom. The van der Waals surface area contributed by atoms with Gasteiger partial charge in [0.2, 0.25) is 0 Å². The van der Waals surface area contributed by atoms with Crippen molar-refractivity contribution in [2.45, 2.75) is 0 Å². The summed E-state index contributed by atoms with van der Waals surface area (Å²) < 4.78 is 6.57. The van der Waals surface area contributed by atoms with Crippen LogP contribution in [0, 0.1) is 0 Å². The Bertz CT molecular complexity index is 2910. The third-order valence-corrected chi connectivity index (χ3v) is 10.1. The lowest BCUT2D eigenvalue weighted by Gasteiger charge is -2.28. The van der Waals surface area contributed by atoms with Crippen molar-refractivity contribution < 1.29 is 4.42 Å². The summed E-state index contributed by atoms with van der Waals surface area (Å²) in [6.45, 7) is 0. The Hall–Kier alpha value is -7.63. The zero-order valence-corrected chi connectivity index (χ0v) is 30.3. The Balaban J connectivity index is 1.20. The van der Waals surface area contributed by atoms with E-state index in [4.69, 9.17) is 19.4 Å². The predicted molar refractivity (Wildman–Crippen MR) is 229 cm³/mol. The van der Waals surface area contributed by atoms with Crippen LogP contribution >= 0.6 is 0 Å². The van der Waals surface area contributed by atoms with E-state index in [1.807, 2.05) is 72.8 Å². The van der Waals surface area contributed by atoms with Crippen molar-refractivity contribution in [3.05, 3.63) is 206 Å². The molecule has 10 aromatic rings. The van der Waals surface area contributed by atoms with Crippen molar-refractivity contribution in [1.82, 2.24) is 15.0 Å². The monoisotopic (exact) mass is 718 g/mol. The Morgan fingerprint density at radius 3 is 1.54 bits per heavy atom. The van der Waals surface area contributed by atoms with Crippen molar-refractivity contribution in [3.63, 3.8) is 0 Å². The van der Waals surface area contributed by atoms with E-state index >= 15 is 0 Å². The number of furan rings is 1. The highest BCUT2D eigenvalue weighted by molar-refractivity contribution is 6.13. The molecule has 56 heavy (non-hydrogen) atoms. The highest BCUT2D eigenvalue weighted by Gasteiger charge is 2.22. The maximum Gasteiger partial charge on any atom is 0.164 e. The van der Waals surface area contributed by atoms with E-state index in [0.717, 1.165) is 77.9 Å². The van der Waals surface area contributed by atoms with Gasteiger partial charge < -0.3 is 9.32 Å². The quantitative estimate of drug-likeness (QED) is 0.157. The fourth-order valence-electron chi connectivity index (χ4n) is 7.48. The summed E-state index contributed by atoms with van der Waals surface area (Å²) in [6.07, 6.45) is 0. The summed E-state index contributed by atoms with van der Waals surface area (Å²) >= 11 is 0. The summed E-state index contributed by atoms with van der Waals surface area (Å²) in [5.41, 5.74) is 11.9. The molecule has 264 valence electrons. The molecule has 10 rings (SSSR count). The SMILES string of the molecule is c1ccc(-c2cccc(N(c3ccc4oc5cccc(-c6nc(-c7ccccc7)nc(-c7ccccc7)n6)c5c4c3)c3ccccc3-c3ccccc3)c2)cc1. The van der Waals surface area contributed by atoms with Crippen molar-refractivity contribution in [2.24, 2.45) is 0 Å². The minimum Gasteiger partial charge on any atom is -0.456 e. The topological polar surface area (TPSA) is 55.1 Å². The van der Waals surface area contributed by atoms with Crippen LogP contribution in [0.25, 0.3) is 78.4 Å². The molecule has 0 aliphatic heterocycles. The van der Waals surface area contributed by atoms with Crippen LogP contribution in [0.15, 0.2) is 211 Å². The number of anilines is 3. The molecule has 0 amide bonds. The first-order chi connectivity index (χ1) is 27.8. The molecule has 0 saturated heterocycles. The summed E-state index contributed by atoms with van der Waals surface area (Å²) in [5.74, 6) is 1.81. The van der Waals surface area contributed by atoms with Crippen LogP contribution in [-0.4, -0.2) is 15.0 Å². The highest BCUT2D eigenvalue weighted by atomic mass is 16.3. The molecule has 0 aliphatic rings. The van der Waals surface area contributed by atoms with Crippen LogP contribution in [0.3, 0.4) is 0 Å². The molecule has 2 aromatic heterocycles. The standard InChI is InChI=1S/C51H34N4O/c1-5-17-35(18-6-1)39-25-15-26-40(33-39)55(45-29-14-13-27-42(45)36-19-7-2-8-20-36)41-31-32-46-44(34-41)48-43(28-16-30-47(48)56-46)51-53-49(37-21-9-3-10-22-37)52-50(54-51)38-23-11-4-12-24-38/h1-34H. The van der Waals surface area contributed by atoms with E-state index in [9.17, 15) is 0 Å². The third kappa shape index (κ3) is 6.17. The fourth-order valence-corrected chi connectivity index (χ4v) is 7.48. The van der Waals surface area contributed by atoms with Crippen molar-refractivity contribution in [3.8, 4) is 56.4 Å². The Morgan fingerprint density at radius 1 is 0.339 bits per heavy atom. The smallest absolute Gasteiger partial charge is 0.164 e. The van der Waals surface area contributed by atoms with Crippen molar-refractivity contribution in [2.75, 3.05) is 4.90 Å². The summed E-state index contributed by atoms with van der Waals surface area (Å²) in [5, 5.41) is 1.92. The normalized spacial score (nSPS) is 11.2. The van der Waals surface area contributed by atoms with Gasteiger partial charge in [-0.3, -0.25) is 0 Å². The number of para-hydroxylation sites is 1. The molecular weight excluding hydrogens is 685 g/mol. The minimum absolute atomic E-state index is 0.582. The molecule has 0 bridgehead atoms. The average Bonchev–Trinajstić information content (AvgIpc) is 3.66. The molecule has 0 atom stereocenters. The van der Waals surface area contributed by atoms with Gasteiger partial charge in [0.15, 0.2) is 17.5 Å². The minimum atomic E-state index is 0.582. The number of hydrogen-bond donors (Lipinski definition) is 0. The van der Waals surface area contributed by atoms with Gasteiger partial charge in [0.1, 0.15) is 11.2 Å². The summed E-state index contributed by atoms with van der Waals surface area (Å²) in [6, 6.07) is 71.1. The van der Waals surface area contributed by atoms with Gasteiger partial charge in [-0.15, -0.1) is 0 Å². The maximum atomic E-state index is 6.57. The van der Waals surface area contributed by atoms with Gasteiger partial charge >= 0.3 is 0 Å². The molecule has 2 heterocycles. The fraction of sp³-hybridized carbons (Fsp3) is 0. The van der Waals surface area contributed by atoms with Crippen LogP contribution < -0.4 is 4.90 Å². The van der Waals surface area contributed by atoms with Crippen LogP contribution in [0.4, 0.5) is 17.1 Å². The summed E-state index contributed by atoms with van der Waals surface area (Å²) in [4.78, 5) is 17.5. The van der Waals surface area contributed by atoms with E-state index < -0.39 is 0 Å². The number of fused-ring (bicyclic) bond motifs is 3. The largest absolute Gasteiger partial charge is 0.456 e. The van der Waals surface area contributed by atoms with Crippen molar-refractivity contribution in [1.29, 1.82) is 0 Å². The second-order valence-corrected chi connectivity index (χ2v) is 13.6. The second kappa shape index (κ2) is 14.3. The first-order valence-electron chi connectivity index (χ1n) is 18.7. The van der Waals surface area contributed by atoms with E-state index in [1.165, 1.54) is 0 Å². The molecule has 0 unspecified atom stereocenters. The number of rotatable bonds is 8. The molecule has 0 aliphatic carbocycles. The molecule has 0 radical (unpaired) electrons. The average molecular weight is 719 g/mol. The summed E-state index contributed by atoms with van der Waals surface area (Å²) in [7, 11) is 0. The molecular formula is C51H34N4O. The number of benzene rings is 8. The van der Waals surface area contributed by atoms with E-state index in [2.05, 4.69) is 138 Å². The van der Waals surface area contributed by atoms with Gasteiger partial charge in [-0.2, -0.15) is 0 Å². The number of nitrogens with zero attached hydrogens (tertiary/aromatic N) is 4. The number of aromatic nitrogens is 3. The van der Waals surface area contributed by atoms with Crippen LogP contribution in [0.1, 0.15) is 0 Å². The Labute approximate surface area is 324 Å². The molecule has 0 spiro atoms. The zero-order chi connectivity index (χ0) is 37.3. The molecule has 0 saturated carbocycles. The molecule has 5 nitrogen and oxygen atoms in total.